The lowest BCUT2D eigenvalue weighted by Gasteiger charge is -2.39. The van der Waals surface area contributed by atoms with Crippen LogP contribution in [0.15, 0.2) is 0 Å². The molecule has 1 spiro atoms. The fraction of sp³-hybridized carbons (Fsp3) is 0.917. The predicted octanol–water partition coefficient (Wildman–Crippen LogP) is 2.79. The van der Waals surface area contributed by atoms with E-state index >= 15 is 0 Å². The van der Waals surface area contributed by atoms with Crippen LogP contribution in [0.2, 0.25) is 0 Å². The zero-order valence-corrected chi connectivity index (χ0v) is 8.60. The van der Waals surface area contributed by atoms with Crippen molar-refractivity contribution >= 4 is 5.78 Å². The average molecular weight is 178 g/mol. The second kappa shape index (κ2) is 2.02. The van der Waals surface area contributed by atoms with Crippen molar-refractivity contribution in [3.05, 3.63) is 0 Å². The molecular weight excluding hydrogens is 160 g/mol. The van der Waals surface area contributed by atoms with Gasteiger partial charge in [-0.25, -0.2) is 0 Å². The molecule has 0 aromatic carbocycles. The van der Waals surface area contributed by atoms with Crippen molar-refractivity contribution in [1.29, 1.82) is 0 Å². The van der Waals surface area contributed by atoms with E-state index in [4.69, 9.17) is 0 Å². The summed E-state index contributed by atoms with van der Waals surface area (Å²) in [5, 5.41) is 0. The Morgan fingerprint density at radius 3 is 2.85 bits per heavy atom. The topological polar surface area (TPSA) is 17.1 Å². The summed E-state index contributed by atoms with van der Waals surface area (Å²) in [7, 11) is 0. The summed E-state index contributed by atoms with van der Waals surface area (Å²) in [4.78, 5) is 11.5. The van der Waals surface area contributed by atoms with Crippen LogP contribution in [0.4, 0.5) is 0 Å². The van der Waals surface area contributed by atoms with Crippen molar-refractivity contribution in [2.24, 2.45) is 22.7 Å². The molecule has 2 bridgehead atoms. The monoisotopic (exact) mass is 178 g/mol. The van der Waals surface area contributed by atoms with Crippen LogP contribution in [-0.4, -0.2) is 5.78 Å². The second-order valence-electron chi connectivity index (χ2n) is 6.10. The van der Waals surface area contributed by atoms with Gasteiger partial charge in [-0.05, 0) is 41.9 Å². The predicted molar refractivity (Wildman–Crippen MR) is 51.3 cm³/mol. The summed E-state index contributed by atoms with van der Waals surface area (Å²) in [6, 6.07) is 0. The molecule has 72 valence electrons. The first-order chi connectivity index (χ1) is 6.05. The number of fused-ring (bicyclic) bond motifs is 1. The van der Waals surface area contributed by atoms with Crippen LogP contribution in [0, 0.1) is 22.7 Å². The summed E-state index contributed by atoms with van der Waals surface area (Å²) >= 11 is 0. The minimum absolute atomic E-state index is 0.463. The molecule has 0 heterocycles. The molecule has 0 radical (unpaired) electrons. The van der Waals surface area contributed by atoms with Gasteiger partial charge in [0.05, 0.1) is 0 Å². The van der Waals surface area contributed by atoms with Gasteiger partial charge in [-0.15, -0.1) is 0 Å². The van der Waals surface area contributed by atoms with Crippen LogP contribution < -0.4 is 0 Å². The molecule has 1 heteroatoms. The lowest BCUT2D eigenvalue weighted by atomic mass is 9.65. The normalized spacial score (nSPS) is 51.4. The van der Waals surface area contributed by atoms with E-state index < -0.39 is 0 Å². The highest BCUT2D eigenvalue weighted by Gasteiger charge is 2.64. The molecule has 3 atom stereocenters. The number of ketones is 1. The number of hydrogen-bond donors (Lipinski definition) is 0. The SMILES string of the molecule is CC1(C)[C@H]2CC[C@]3(CC(=O)C[C@H]13)C2. The van der Waals surface area contributed by atoms with Gasteiger partial charge in [0.15, 0.2) is 0 Å². The minimum atomic E-state index is 0.463. The average Bonchev–Trinajstić information content (AvgIpc) is 2.61. The first kappa shape index (κ1) is 8.02. The van der Waals surface area contributed by atoms with E-state index in [-0.39, 0.29) is 0 Å². The Labute approximate surface area is 79.9 Å². The maximum Gasteiger partial charge on any atom is 0.133 e. The van der Waals surface area contributed by atoms with Crippen molar-refractivity contribution in [1.82, 2.24) is 0 Å². The number of hydrogen-bond acceptors (Lipinski definition) is 1. The number of rotatable bonds is 0. The Morgan fingerprint density at radius 1 is 1.38 bits per heavy atom. The van der Waals surface area contributed by atoms with Gasteiger partial charge in [0.1, 0.15) is 5.78 Å². The van der Waals surface area contributed by atoms with Gasteiger partial charge in [0.25, 0.3) is 0 Å². The molecule has 0 aromatic rings. The van der Waals surface area contributed by atoms with E-state index in [0.29, 0.717) is 16.6 Å². The van der Waals surface area contributed by atoms with E-state index in [9.17, 15) is 4.79 Å². The van der Waals surface area contributed by atoms with Crippen molar-refractivity contribution < 1.29 is 4.79 Å². The van der Waals surface area contributed by atoms with E-state index in [1.165, 1.54) is 19.3 Å². The molecule has 3 aliphatic carbocycles. The third kappa shape index (κ3) is 0.769. The maximum absolute atomic E-state index is 11.5. The summed E-state index contributed by atoms with van der Waals surface area (Å²) in [5.74, 6) is 2.19. The minimum Gasteiger partial charge on any atom is -0.300 e. The molecule has 3 aliphatic rings. The lowest BCUT2D eigenvalue weighted by molar-refractivity contribution is -0.118. The van der Waals surface area contributed by atoms with Gasteiger partial charge in [0, 0.05) is 12.8 Å². The quantitative estimate of drug-likeness (QED) is 0.557. The van der Waals surface area contributed by atoms with Crippen LogP contribution in [0.1, 0.15) is 46.0 Å². The molecule has 3 saturated carbocycles. The van der Waals surface area contributed by atoms with Gasteiger partial charge in [0.2, 0.25) is 0 Å². The highest BCUT2D eigenvalue weighted by atomic mass is 16.1. The second-order valence-corrected chi connectivity index (χ2v) is 6.10. The van der Waals surface area contributed by atoms with Gasteiger partial charge in [-0.1, -0.05) is 13.8 Å². The standard InChI is InChI=1S/C12H18O/c1-11(2)8-3-4-12(6-8)7-9(13)5-10(11)12/h8,10H,3-7H2,1-2H3/t8-,10+,12+/m0/s1. The van der Waals surface area contributed by atoms with Gasteiger partial charge in [-0.3, -0.25) is 4.79 Å². The first-order valence-electron chi connectivity index (χ1n) is 5.56. The molecular formula is C12H18O. The number of Topliss-reactive ketones (excluding diaryl/α,β-unsaturated/α-hetero) is 1. The Morgan fingerprint density at radius 2 is 2.15 bits per heavy atom. The highest BCUT2D eigenvalue weighted by molar-refractivity contribution is 5.82. The van der Waals surface area contributed by atoms with Gasteiger partial charge >= 0.3 is 0 Å². The number of carbonyl (C=O) groups excluding carboxylic acids is 1. The molecule has 13 heavy (non-hydrogen) atoms. The first-order valence-corrected chi connectivity index (χ1v) is 5.56. The van der Waals surface area contributed by atoms with Gasteiger partial charge in [-0.2, -0.15) is 0 Å². The molecule has 1 nitrogen and oxygen atoms in total. The summed E-state index contributed by atoms with van der Waals surface area (Å²) in [5.41, 5.74) is 0.940. The van der Waals surface area contributed by atoms with Crippen LogP contribution >= 0.6 is 0 Å². The van der Waals surface area contributed by atoms with Crippen molar-refractivity contribution in [3.63, 3.8) is 0 Å². The third-order valence-corrected chi connectivity index (χ3v) is 5.31. The summed E-state index contributed by atoms with van der Waals surface area (Å²) in [6.45, 7) is 4.78. The Kier molecular flexibility index (Phi) is 1.24. The molecule has 0 unspecified atom stereocenters. The number of carbonyl (C=O) groups is 1. The van der Waals surface area contributed by atoms with Crippen molar-refractivity contribution in [3.8, 4) is 0 Å². The summed E-state index contributed by atoms with van der Waals surface area (Å²) in [6.07, 6.45) is 5.89. The molecule has 0 aliphatic heterocycles. The van der Waals surface area contributed by atoms with Crippen LogP contribution in [0.25, 0.3) is 0 Å². The van der Waals surface area contributed by atoms with Crippen LogP contribution in [0.5, 0.6) is 0 Å². The van der Waals surface area contributed by atoms with Gasteiger partial charge < -0.3 is 0 Å². The summed E-state index contributed by atoms with van der Waals surface area (Å²) < 4.78 is 0. The van der Waals surface area contributed by atoms with Crippen LogP contribution in [0.3, 0.4) is 0 Å². The van der Waals surface area contributed by atoms with Crippen molar-refractivity contribution in [2.75, 3.05) is 0 Å². The molecule has 0 saturated heterocycles. The fourth-order valence-corrected chi connectivity index (χ4v) is 4.64. The molecule has 0 N–H and O–H groups in total. The Balaban J connectivity index is 2.06. The molecule has 3 fully saturated rings. The maximum atomic E-state index is 11.5. The molecule has 0 aromatic heterocycles. The zero-order valence-electron chi connectivity index (χ0n) is 8.60. The van der Waals surface area contributed by atoms with Crippen LogP contribution in [-0.2, 0) is 4.79 Å². The molecule has 0 amide bonds. The highest BCUT2D eigenvalue weighted by Crippen LogP contribution is 2.71. The third-order valence-electron chi connectivity index (χ3n) is 5.31. The zero-order chi connectivity index (χ0) is 9.27. The Bertz CT molecular complexity index is 279. The molecule has 3 rings (SSSR count). The van der Waals surface area contributed by atoms with E-state index in [1.54, 1.807) is 0 Å². The van der Waals surface area contributed by atoms with Crippen molar-refractivity contribution in [2.45, 2.75) is 46.0 Å². The largest absolute Gasteiger partial charge is 0.300 e. The van der Waals surface area contributed by atoms with E-state index in [1.807, 2.05) is 0 Å². The smallest absolute Gasteiger partial charge is 0.133 e. The Hall–Kier alpha value is -0.330. The van der Waals surface area contributed by atoms with E-state index in [2.05, 4.69) is 13.8 Å². The fourth-order valence-electron chi connectivity index (χ4n) is 4.64. The van der Waals surface area contributed by atoms with E-state index in [0.717, 1.165) is 24.7 Å². The lowest BCUT2D eigenvalue weighted by Crippen LogP contribution is -2.32.